The zero-order valence-electron chi connectivity index (χ0n) is 11.9. The van der Waals surface area contributed by atoms with Gasteiger partial charge in [0, 0.05) is 12.1 Å². The fourth-order valence-electron chi connectivity index (χ4n) is 2.12. The molecule has 0 atom stereocenters. The Hall–Kier alpha value is -2.30. The van der Waals surface area contributed by atoms with E-state index in [4.69, 9.17) is 4.74 Å². The molecule has 1 aromatic carbocycles. The van der Waals surface area contributed by atoms with Gasteiger partial charge >= 0.3 is 5.97 Å². The van der Waals surface area contributed by atoms with Gasteiger partial charge in [-0.3, -0.25) is 4.68 Å². The summed E-state index contributed by atoms with van der Waals surface area (Å²) in [5.41, 5.74) is 2.70. The molecule has 1 aromatic heterocycles. The molecule has 0 bridgehead atoms. The average Bonchev–Trinajstić information content (AvgIpc) is 2.83. The minimum atomic E-state index is -0.969. The van der Waals surface area contributed by atoms with Crippen LogP contribution in [0.25, 0.3) is 11.3 Å². The van der Waals surface area contributed by atoms with Crippen molar-refractivity contribution < 1.29 is 14.6 Å². The van der Waals surface area contributed by atoms with E-state index in [1.807, 2.05) is 32.0 Å². The molecule has 0 aliphatic carbocycles. The number of methoxy groups -OCH3 is 1. The quantitative estimate of drug-likeness (QED) is 0.910. The smallest absolute Gasteiger partial charge is 0.354 e. The number of ether oxygens (including phenoxy) is 1. The molecule has 106 valence electrons. The van der Waals surface area contributed by atoms with Crippen molar-refractivity contribution in [1.82, 2.24) is 9.78 Å². The van der Waals surface area contributed by atoms with Crippen LogP contribution in [0.4, 0.5) is 0 Å². The van der Waals surface area contributed by atoms with Crippen molar-refractivity contribution in [2.75, 3.05) is 7.11 Å². The van der Waals surface area contributed by atoms with Crippen molar-refractivity contribution in [2.24, 2.45) is 0 Å². The summed E-state index contributed by atoms with van der Waals surface area (Å²) >= 11 is 0. The lowest BCUT2D eigenvalue weighted by molar-refractivity contribution is 0.0683. The van der Waals surface area contributed by atoms with Crippen LogP contribution >= 0.6 is 0 Å². The van der Waals surface area contributed by atoms with Crippen LogP contribution in [0.5, 0.6) is 5.75 Å². The number of carbonyl (C=O) groups is 1. The number of benzene rings is 1. The van der Waals surface area contributed by atoms with Crippen molar-refractivity contribution in [3.63, 3.8) is 0 Å². The van der Waals surface area contributed by atoms with Crippen LogP contribution in [0, 0.1) is 6.92 Å². The second-order valence-electron chi connectivity index (χ2n) is 4.65. The summed E-state index contributed by atoms with van der Waals surface area (Å²) in [6, 6.07) is 7.35. The van der Waals surface area contributed by atoms with Gasteiger partial charge in [0.1, 0.15) is 11.4 Å². The molecule has 0 fully saturated rings. The van der Waals surface area contributed by atoms with E-state index in [-0.39, 0.29) is 5.69 Å². The predicted molar refractivity (Wildman–Crippen MR) is 76.2 cm³/mol. The molecule has 0 amide bonds. The minimum absolute atomic E-state index is 0.199. The molecule has 0 unspecified atom stereocenters. The first-order chi connectivity index (χ1) is 9.56. The summed E-state index contributed by atoms with van der Waals surface area (Å²) in [5.74, 6) is -0.280. The summed E-state index contributed by atoms with van der Waals surface area (Å²) in [7, 11) is 1.59. The normalized spacial score (nSPS) is 10.6. The topological polar surface area (TPSA) is 64.4 Å². The van der Waals surface area contributed by atoms with Gasteiger partial charge in [-0.05, 0) is 31.5 Å². The first kappa shape index (κ1) is 14.1. The van der Waals surface area contributed by atoms with Gasteiger partial charge in [0.2, 0.25) is 0 Å². The lowest BCUT2D eigenvalue weighted by Gasteiger charge is -2.07. The van der Waals surface area contributed by atoms with E-state index in [1.54, 1.807) is 13.2 Å². The van der Waals surface area contributed by atoms with E-state index < -0.39 is 5.97 Å². The molecule has 20 heavy (non-hydrogen) atoms. The third-order valence-corrected chi connectivity index (χ3v) is 3.07. The number of nitrogens with zero attached hydrogens (tertiary/aromatic N) is 2. The van der Waals surface area contributed by atoms with Gasteiger partial charge in [0.25, 0.3) is 0 Å². The van der Waals surface area contributed by atoms with E-state index in [9.17, 15) is 9.90 Å². The zero-order chi connectivity index (χ0) is 14.7. The number of hydrogen-bond donors (Lipinski definition) is 1. The third-order valence-electron chi connectivity index (χ3n) is 3.07. The maximum absolute atomic E-state index is 11.3. The highest BCUT2D eigenvalue weighted by Gasteiger charge is 2.17. The van der Waals surface area contributed by atoms with E-state index in [2.05, 4.69) is 5.10 Å². The Morgan fingerprint density at radius 2 is 2.15 bits per heavy atom. The van der Waals surface area contributed by atoms with E-state index in [0.717, 1.165) is 17.5 Å². The van der Waals surface area contributed by atoms with Crippen LogP contribution in [0.15, 0.2) is 24.3 Å². The second kappa shape index (κ2) is 5.77. The number of carboxylic acid groups (broad SMARTS) is 1. The summed E-state index contributed by atoms with van der Waals surface area (Å²) < 4.78 is 6.85. The lowest BCUT2D eigenvalue weighted by atomic mass is 10.1. The number of hydrogen-bond acceptors (Lipinski definition) is 3. The third kappa shape index (κ3) is 2.66. The van der Waals surface area contributed by atoms with Crippen molar-refractivity contribution >= 4 is 5.97 Å². The molecule has 0 radical (unpaired) electrons. The van der Waals surface area contributed by atoms with Crippen LogP contribution in [-0.4, -0.2) is 28.0 Å². The number of aromatic carboxylic acids is 1. The molecule has 0 saturated carbocycles. The summed E-state index contributed by atoms with van der Waals surface area (Å²) in [4.78, 5) is 11.3. The SMILES string of the molecule is CCCn1nc(-c2cc(C)ccc2OC)cc1C(=O)O. The van der Waals surface area contributed by atoms with Crippen LogP contribution in [0.3, 0.4) is 0 Å². The van der Waals surface area contributed by atoms with Crippen LogP contribution in [0.1, 0.15) is 29.4 Å². The average molecular weight is 274 g/mol. The first-order valence-corrected chi connectivity index (χ1v) is 6.53. The van der Waals surface area contributed by atoms with E-state index in [1.165, 1.54) is 4.68 Å². The maximum atomic E-state index is 11.3. The fourth-order valence-corrected chi connectivity index (χ4v) is 2.12. The standard InChI is InChI=1S/C15H18N2O3/c1-4-7-17-13(15(18)19)9-12(16-17)11-8-10(2)5-6-14(11)20-3/h5-6,8-9H,4,7H2,1-3H3,(H,18,19). The molecular formula is C15H18N2O3. The monoisotopic (exact) mass is 274 g/mol. The molecule has 0 spiro atoms. The lowest BCUT2D eigenvalue weighted by Crippen LogP contribution is -2.09. The molecule has 5 nitrogen and oxygen atoms in total. The van der Waals surface area contributed by atoms with Gasteiger partial charge in [-0.1, -0.05) is 18.6 Å². The highest BCUT2D eigenvalue weighted by atomic mass is 16.5. The van der Waals surface area contributed by atoms with Crippen molar-refractivity contribution in [3.05, 3.63) is 35.5 Å². The van der Waals surface area contributed by atoms with Crippen molar-refractivity contribution in [2.45, 2.75) is 26.8 Å². The molecule has 5 heteroatoms. The number of carboxylic acids is 1. The van der Waals surface area contributed by atoms with Gasteiger partial charge in [-0.15, -0.1) is 0 Å². The number of aryl methyl sites for hydroxylation is 2. The fraction of sp³-hybridized carbons (Fsp3) is 0.333. The van der Waals surface area contributed by atoms with Crippen molar-refractivity contribution in [1.29, 1.82) is 0 Å². The molecule has 0 aliphatic heterocycles. The highest BCUT2D eigenvalue weighted by molar-refractivity contribution is 5.87. The first-order valence-electron chi connectivity index (χ1n) is 6.53. The van der Waals surface area contributed by atoms with Crippen molar-refractivity contribution in [3.8, 4) is 17.0 Å². The van der Waals surface area contributed by atoms with Gasteiger partial charge in [0.15, 0.2) is 0 Å². The number of aromatic nitrogens is 2. The predicted octanol–water partition coefficient (Wildman–Crippen LogP) is 2.98. The molecule has 0 aliphatic rings. The Bertz CT molecular complexity index is 632. The largest absolute Gasteiger partial charge is 0.496 e. The Balaban J connectivity index is 2.55. The maximum Gasteiger partial charge on any atom is 0.354 e. The second-order valence-corrected chi connectivity index (χ2v) is 4.65. The molecule has 2 aromatic rings. The highest BCUT2D eigenvalue weighted by Crippen LogP contribution is 2.30. The molecular weight excluding hydrogens is 256 g/mol. The molecule has 2 rings (SSSR count). The molecule has 1 N–H and O–H groups in total. The van der Waals surface area contributed by atoms with Gasteiger partial charge < -0.3 is 9.84 Å². The number of rotatable bonds is 5. The van der Waals surface area contributed by atoms with Gasteiger partial charge in [0.05, 0.1) is 12.8 Å². The Morgan fingerprint density at radius 1 is 1.40 bits per heavy atom. The minimum Gasteiger partial charge on any atom is -0.496 e. The van der Waals surface area contributed by atoms with E-state index >= 15 is 0 Å². The van der Waals surface area contributed by atoms with Gasteiger partial charge in [-0.25, -0.2) is 4.79 Å². The zero-order valence-corrected chi connectivity index (χ0v) is 11.9. The summed E-state index contributed by atoms with van der Waals surface area (Å²) in [5, 5.41) is 13.6. The van der Waals surface area contributed by atoms with Gasteiger partial charge in [-0.2, -0.15) is 5.10 Å². The van der Waals surface area contributed by atoms with Crippen LogP contribution in [-0.2, 0) is 6.54 Å². The Morgan fingerprint density at radius 3 is 2.75 bits per heavy atom. The Kier molecular flexibility index (Phi) is 4.08. The summed E-state index contributed by atoms with van der Waals surface area (Å²) in [6.07, 6.45) is 0.826. The Labute approximate surface area is 117 Å². The van der Waals surface area contributed by atoms with E-state index in [0.29, 0.717) is 18.0 Å². The molecule has 1 heterocycles. The molecule has 0 saturated heterocycles. The van der Waals surface area contributed by atoms with Crippen LogP contribution in [0.2, 0.25) is 0 Å². The van der Waals surface area contributed by atoms with Crippen LogP contribution < -0.4 is 4.74 Å². The summed E-state index contributed by atoms with van der Waals surface area (Å²) in [6.45, 7) is 4.54.